The van der Waals surface area contributed by atoms with Crippen LogP contribution in [-0.4, -0.2) is 45.0 Å². The molecule has 0 spiro atoms. The van der Waals surface area contributed by atoms with Crippen LogP contribution < -0.4 is 16.0 Å². The van der Waals surface area contributed by atoms with Gasteiger partial charge in [-0.25, -0.2) is 9.97 Å². The number of amides is 1. The van der Waals surface area contributed by atoms with Crippen molar-refractivity contribution < 1.29 is 4.79 Å². The van der Waals surface area contributed by atoms with Gasteiger partial charge in [0, 0.05) is 43.9 Å². The van der Waals surface area contributed by atoms with Crippen molar-refractivity contribution >= 4 is 56.7 Å². The quantitative estimate of drug-likeness (QED) is 0.563. The topological polar surface area (TPSA) is 113 Å². The maximum atomic E-state index is 12.5. The predicted octanol–water partition coefficient (Wildman–Crippen LogP) is 2.72. The third kappa shape index (κ3) is 3.90. The van der Waals surface area contributed by atoms with Crippen molar-refractivity contribution in [2.24, 2.45) is 5.73 Å². The summed E-state index contributed by atoms with van der Waals surface area (Å²) in [7, 11) is 0. The van der Waals surface area contributed by atoms with Gasteiger partial charge < -0.3 is 20.9 Å². The molecule has 1 aliphatic heterocycles. The molecular formula is C17H19BrClN7O. The first-order chi connectivity index (χ1) is 12.6. The number of H-pyrrole nitrogens is 1. The van der Waals surface area contributed by atoms with Crippen LogP contribution in [0.2, 0.25) is 0 Å². The van der Waals surface area contributed by atoms with Crippen molar-refractivity contribution in [3.63, 3.8) is 0 Å². The molecule has 1 saturated heterocycles. The second-order valence-electron chi connectivity index (χ2n) is 6.27. The lowest BCUT2D eigenvalue weighted by Crippen LogP contribution is -2.43. The molecule has 1 fully saturated rings. The number of nitrogens with zero attached hydrogens (tertiary/aromatic N) is 4. The molecule has 0 aromatic carbocycles. The Morgan fingerprint density at radius 2 is 2.19 bits per heavy atom. The summed E-state index contributed by atoms with van der Waals surface area (Å²) in [6.45, 7) is 1.68. The zero-order valence-electron chi connectivity index (χ0n) is 14.4. The average Bonchev–Trinajstić information content (AvgIpc) is 3.05. The summed E-state index contributed by atoms with van der Waals surface area (Å²) in [5.74, 6) is -0.319. The van der Waals surface area contributed by atoms with Gasteiger partial charge in [0.15, 0.2) is 0 Å². The highest BCUT2D eigenvalue weighted by molar-refractivity contribution is 9.10. The Kier molecular flexibility index (Phi) is 5.93. The number of nitrogens with two attached hydrogens (primary N) is 1. The fraction of sp³-hybridized carbons (Fsp3) is 0.294. The summed E-state index contributed by atoms with van der Waals surface area (Å²) in [5, 5.41) is 3.76. The van der Waals surface area contributed by atoms with Crippen molar-refractivity contribution in [1.29, 1.82) is 0 Å². The highest BCUT2D eigenvalue weighted by Crippen LogP contribution is 2.38. The summed E-state index contributed by atoms with van der Waals surface area (Å²) in [4.78, 5) is 30.2. The number of carbonyl (C=O) groups is 1. The maximum absolute atomic E-state index is 12.5. The summed E-state index contributed by atoms with van der Waals surface area (Å²) >= 11 is 3.61. The van der Waals surface area contributed by atoms with Gasteiger partial charge in [0.25, 0.3) is 5.91 Å². The Hall–Kier alpha value is -2.23. The molecule has 1 atom stereocenters. The van der Waals surface area contributed by atoms with Gasteiger partial charge in [-0.05, 0) is 28.8 Å². The molecule has 0 unspecified atom stereocenters. The molecule has 0 bridgehead atoms. The highest BCUT2D eigenvalue weighted by Gasteiger charge is 2.24. The molecule has 4 heterocycles. The summed E-state index contributed by atoms with van der Waals surface area (Å²) in [6.07, 6.45) is 10.0. The molecule has 4 N–H and O–H groups in total. The first-order valence-electron chi connectivity index (χ1n) is 8.37. The molecule has 1 aliphatic rings. The second-order valence-corrected chi connectivity index (χ2v) is 7.13. The van der Waals surface area contributed by atoms with Crippen molar-refractivity contribution in [3.05, 3.63) is 41.2 Å². The van der Waals surface area contributed by atoms with Gasteiger partial charge in [-0.1, -0.05) is 0 Å². The number of hydrogen-bond acceptors (Lipinski definition) is 6. The van der Waals surface area contributed by atoms with Crippen molar-refractivity contribution in [2.45, 2.75) is 18.9 Å². The van der Waals surface area contributed by atoms with Crippen LogP contribution in [0.1, 0.15) is 23.3 Å². The van der Waals surface area contributed by atoms with E-state index in [4.69, 9.17) is 5.73 Å². The molecule has 142 valence electrons. The maximum Gasteiger partial charge on any atom is 0.275 e. The van der Waals surface area contributed by atoms with Gasteiger partial charge in [-0.3, -0.25) is 9.78 Å². The molecule has 1 amide bonds. The van der Waals surface area contributed by atoms with Crippen molar-refractivity contribution in [2.75, 3.05) is 23.3 Å². The Morgan fingerprint density at radius 3 is 2.93 bits per heavy atom. The Labute approximate surface area is 170 Å². The predicted molar refractivity (Wildman–Crippen MR) is 110 cm³/mol. The van der Waals surface area contributed by atoms with E-state index in [1.54, 1.807) is 12.4 Å². The van der Waals surface area contributed by atoms with Crippen LogP contribution in [0.3, 0.4) is 0 Å². The fourth-order valence-corrected chi connectivity index (χ4v) is 3.83. The van der Waals surface area contributed by atoms with E-state index in [9.17, 15) is 4.79 Å². The molecule has 4 rings (SSSR count). The van der Waals surface area contributed by atoms with Crippen LogP contribution in [0.5, 0.6) is 0 Å². The normalized spacial score (nSPS) is 16.8. The lowest BCUT2D eigenvalue weighted by atomic mass is 10.1. The minimum absolute atomic E-state index is 0. The zero-order chi connectivity index (χ0) is 18.1. The number of rotatable bonds is 3. The van der Waals surface area contributed by atoms with Crippen LogP contribution in [0, 0.1) is 0 Å². The number of piperidine rings is 1. The van der Waals surface area contributed by atoms with Gasteiger partial charge >= 0.3 is 0 Å². The number of aromatic nitrogens is 4. The first kappa shape index (κ1) is 19.5. The van der Waals surface area contributed by atoms with E-state index < -0.39 is 0 Å². The van der Waals surface area contributed by atoms with Crippen LogP contribution in [0.25, 0.3) is 11.0 Å². The Morgan fingerprint density at radius 1 is 1.33 bits per heavy atom. The van der Waals surface area contributed by atoms with E-state index in [0.29, 0.717) is 11.3 Å². The summed E-state index contributed by atoms with van der Waals surface area (Å²) in [5.41, 5.74) is 8.76. The zero-order valence-corrected chi connectivity index (χ0v) is 16.8. The van der Waals surface area contributed by atoms with E-state index in [-0.39, 0.29) is 30.0 Å². The van der Waals surface area contributed by atoms with Crippen molar-refractivity contribution in [1.82, 2.24) is 19.9 Å². The molecule has 8 nitrogen and oxygen atoms in total. The third-order valence-electron chi connectivity index (χ3n) is 4.45. The van der Waals surface area contributed by atoms with Crippen LogP contribution in [0.15, 0.2) is 35.5 Å². The second kappa shape index (κ2) is 8.20. The fourth-order valence-electron chi connectivity index (χ4n) is 3.28. The number of carbonyl (C=O) groups excluding carboxylic acids is 1. The van der Waals surface area contributed by atoms with E-state index in [1.807, 2.05) is 0 Å². The average molecular weight is 453 g/mol. The van der Waals surface area contributed by atoms with Crippen LogP contribution in [0.4, 0.5) is 11.4 Å². The van der Waals surface area contributed by atoms with Gasteiger partial charge in [0.1, 0.15) is 11.3 Å². The van der Waals surface area contributed by atoms with E-state index >= 15 is 0 Å². The monoisotopic (exact) mass is 451 g/mol. The number of pyridine rings is 1. The molecule has 27 heavy (non-hydrogen) atoms. The van der Waals surface area contributed by atoms with Gasteiger partial charge in [0.05, 0.1) is 27.4 Å². The van der Waals surface area contributed by atoms with E-state index in [1.165, 1.54) is 18.6 Å². The number of halogens is 2. The number of aromatic amines is 1. The minimum atomic E-state index is -0.319. The third-order valence-corrected chi connectivity index (χ3v) is 5.03. The van der Waals surface area contributed by atoms with E-state index in [2.05, 4.69) is 46.1 Å². The van der Waals surface area contributed by atoms with Crippen molar-refractivity contribution in [3.8, 4) is 0 Å². The molecule has 0 saturated carbocycles. The largest absolute Gasteiger partial charge is 0.368 e. The molecule has 10 heteroatoms. The molecular weight excluding hydrogens is 434 g/mol. The van der Waals surface area contributed by atoms with Gasteiger partial charge in [-0.2, -0.15) is 0 Å². The number of anilines is 2. The smallest absolute Gasteiger partial charge is 0.275 e. The highest BCUT2D eigenvalue weighted by atomic mass is 79.9. The van der Waals surface area contributed by atoms with Gasteiger partial charge in [-0.15, -0.1) is 12.4 Å². The van der Waals surface area contributed by atoms with Crippen LogP contribution in [-0.2, 0) is 0 Å². The molecule has 3 aromatic rings. The van der Waals surface area contributed by atoms with Crippen LogP contribution >= 0.6 is 28.3 Å². The lowest BCUT2D eigenvalue weighted by Gasteiger charge is -2.33. The minimum Gasteiger partial charge on any atom is -0.368 e. The standard InChI is InChI=1S/C17H18BrN7O.ClH/c18-11-6-22-16-14(15(11)25-5-1-2-10(19)9-25)12(8-23-16)24-17(26)13-7-20-3-4-21-13;/h3-4,6-8,10H,1-2,5,9,19H2,(H,22,23)(H,24,26);1H/t10-;/m1./s1. The number of nitrogens with one attached hydrogen (secondary N) is 2. The first-order valence-corrected chi connectivity index (χ1v) is 9.16. The lowest BCUT2D eigenvalue weighted by molar-refractivity contribution is 0.102. The number of hydrogen-bond donors (Lipinski definition) is 3. The SMILES string of the molecule is Cl.N[C@@H]1CCCN(c2c(Br)cnc3[nH]cc(NC(=O)c4cnccn4)c23)C1. The van der Waals surface area contributed by atoms with E-state index in [0.717, 1.165) is 41.5 Å². The van der Waals surface area contributed by atoms with Gasteiger partial charge in [0.2, 0.25) is 0 Å². The summed E-state index contributed by atoms with van der Waals surface area (Å²) < 4.78 is 0.869. The Bertz CT molecular complexity index is 949. The molecule has 0 radical (unpaired) electrons. The number of fused-ring (bicyclic) bond motifs is 1. The Balaban J connectivity index is 0.00000210. The molecule has 3 aromatic heterocycles. The summed E-state index contributed by atoms with van der Waals surface area (Å²) in [6, 6.07) is 0.135. The molecule has 0 aliphatic carbocycles.